The van der Waals surface area contributed by atoms with Gasteiger partial charge in [-0.1, -0.05) is 12.8 Å². The van der Waals surface area contributed by atoms with Gasteiger partial charge in [0.05, 0.1) is 13.2 Å². The molecule has 2 saturated heterocycles. The van der Waals surface area contributed by atoms with E-state index in [9.17, 15) is 0 Å². The molecule has 0 unspecified atom stereocenters. The van der Waals surface area contributed by atoms with Crippen LogP contribution in [0.25, 0.3) is 0 Å². The van der Waals surface area contributed by atoms with E-state index in [0.717, 1.165) is 26.3 Å². The van der Waals surface area contributed by atoms with E-state index in [1.165, 1.54) is 38.8 Å². The fraction of sp³-hybridized carbons (Fsp3) is 1.00. The van der Waals surface area contributed by atoms with Gasteiger partial charge in [0.2, 0.25) is 0 Å². The average Bonchev–Trinajstić information content (AvgIpc) is 2.53. The third kappa shape index (κ3) is 6.99. The Morgan fingerprint density at radius 3 is 1.54 bits per heavy atom. The molecule has 0 spiro atoms. The molecule has 2 aliphatic rings. The van der Waals surface area contributed by atoms with Gasteiger partial charge in [-0.05, 0) is 25.9 Å². The van der Waals surface area contributed by atoms with Crippen molar-refractivity contribution in [2.45, 2.75) is 25.7 Å². The third-order valence-corrected chi connectivity index (χ3v) is 2.30. The predicted molar refractivity (Wildman–Crippen MR) is 55.0 cm³/mol. The number of ether oxygens (including phenoxy) is 1. The summed E-state index contributed by atoms with van der Waals surface area (Å²) in [6, 6.07) is 0. The van der Waals surface area contributed by atoms with Gasteiger partial charge < -0.3 is 15.4 Å². The second-order valence-corrected chi connectivity index (χ2v) is 3.53. The van der Waals surface area contributed by atoms with Crippen molar-refractivity contribution in [2.75, 3.05) is 39.4 Å². The van der Waals surface area contributed by atoms with Crippen molar-refractivity contribution >= 4 is 0 Å². The Labute approximate surface area is 81.2 Å². The first-order chi connectivity index (χ1) is 6.50. The lowest BCUT2D eigenvalue weighted by Crippen LogP contribution is -2.30. The Morgan fingerprint density at radius 1 is 0.615 bits per heavy atom. The summed E-state index contributed by atoms with van der Waals surface area (Å²) in [6.07, 6.45) is 5.65. The van der Waals surface area contributed by atoms with Gasteiger partial charge in [-0.2, -0.15) is 0 Å². The number of hydrogen-bond donors (Lipinski definition) is 2. The van der Waals surface area contributed by atoms with Crippen LogP contribution in [0.3, 0.4) is 0 Å². The third-order valence-electron chi connectivity index (χ3n) is 2.30. The zero-order valence-electron chi connectivity index (χ0n) is 8.48. The molecule has 0 saturated carbocycles. The van der Waals surface area contributed by atoms with E-state index in [1.54, 1.807) is 0 Å². The van der Waals surface area contributed by atoms with E-state index in [-0.39, 0.29) is 0 Å². The van der Waals surface area contributed by atoms with Crippen LogP contribution in [-0.2, 0) is 4.74 Å². The molecule has 0 aliphatic carbocycles. The van der Waals surface area contributed by atoms with Crippen LogP contribution in [-0.4, -0.2) is 39.4 Å². The van der Waals surface area contributed by atoms with Gasteiger partial charge in [-0.15, -0.1) is 0 Å². The Balaban J connectivity index is 0.000000132. The highest BCUT2D eigenvalue weighted by molar-refractivity contribution is 4.54. The van der Waals surface area contributed by atoms with Crippen LogP contribution in [0, 0.1) is 0 Å². The van der Waals surface area contributed by atoms with Crippen molar-refractivity contribution in [1.82, 2.24) is 10.6 Å². The molecular formula is C10H22N2O. The minimum atomic E-state index is 0.889. The van der Waals surface area contributed by atoms with Crippen molar-refractivity contribution in [3.05, 3.63) is 0 Å². The zero-order chi connectivity index (χ0) is 9.19. The highest BCUT2D eigenvalue weighted by Gasteiger charge is 1.94. The van der Waals surface area contributed by atoms with Crippen molar-refractivity contribution in [1.29, 1.82) is 0 Å². The van der Waals surface area contributed by atoms with Crippen LogP contribution in [0.15, 0.2) is 0 Å². The van der Waals surface area contributed by atoms with Gasteiger partial charge in [-0.25, -0.2) is 0 Å². The first kappa shape index (κ1) is 11.0. The molecule has 2 rings (SSSR count). The highest BCUT2D eigenvalue weighted by atomic mass is 16.5. The molecular weight excluding hydrogens is 164 g/mol. The lowest BCUT2D eigenvalue weighted by atomic mass is 10.2. The van der Waals surface area contributed by atoms with Gasteiger partial charge in [-0.3, -0.25) is 0 Å². The Morgan fingerprint density at radius 2 is 1.15 bits per heavy atom. The minimum absolute atomic E-state index is 0.889. The molecule has 0 atom stereocenters. The normalized spacial score (nSPS) is 24.0. The second kappa shape index (κ2) is 8.48. The van der Waals surface area contributed by atoms with Crippen LogP contribution in [0.2, 0.25) is 0 Å². The summed E-state index contributed by atoms with van der Waals surface area (Å²) in [5.74, 6) is 0. The van der Waals surface area contributed by atoms with Gasteiger partial charge in [0.15, 0.2) is 0 Å². The summed E-state index contributed by atoms with van der Waals surface area (Å²) in [6.45, 7) is 6.33. The molecule has 0 radical (unpaired) electrons. The summed E-state index contributed by atoms with van der Waals surface area (Å²) in [5, 5.41) is 6.51. The van der Waals surface area contributed by atoms with Gasteiger partial charge in [0, 0.05) is 13.1 Å². The molecule has 13 heavy (non-hydrogen) atoms. The Bertz CT molecular complexity index is 73.9. The van der Waals surface area contributed by atoms with E-state index < -0.39 is 0 Å². The van der Waals surface area contributed by atoms with Crippen LogP contribution in [0.5, 0.6) is 0 Å². The smallest absolute Gasteiger partial charge is 0.0591 e. The number of morpholine rings is 1. The fourth-order valence-electron chi connectivity index (χ4n) is 1.49. The summed E-state index contributed by atoms with van der Waals surface area (Å²) in [7, 11) is 0. The molecule has 2 aliphatic heterocycles. The fourth-order valence-corrected chi connectivity index (χ4v) is 1.49. The summed E-state index contributed by atoms with van der Waals surface area (Å²) in [4.78, 5) is 0. The van der Waals surface area contributed by atoms with Crippen molar-refractivity contribution in [3.8, 4) is 0 Å². The summed E-state index contributed by atoms with van der Waals surface area (Å²) in [5.41, 5.74) is 0. The van der Waals surface area contributed by atoms with Crippen molar-refractivity contribution in [3.63, 3.8) is 0 Å². The Kier molecular flexibility index (Phi) is 7.15. The van der Waals surface area contributed by atoms with E-state index in [0.29, 0.717) is 0 Å². The first-order valence-electron chi connectivity index (χ1n) is 5.49. The lowest BCUT2D eigenvalue weighted by molar-refractivity contribution is 0.109. The maximum Gasteiger partial charge on any atom is 0.0591 e. The van der Waals surface area contributed by atoms with Gasteiger partial charge >= 0.3 is 0 Å². The van der Waals surface area contributed by atoms with Gasteiger partial charge in [0.25, 0.3) is 0 Å². The molecule has 78 valence electrons. The molecule has 2 fully saturated rings. The van der Waals surface area contributed by atoms with Crippen LogP contribution in [0.4, 0.5) is 0 Å². The SMILES string of the molecule is C1CCCNCC1.C1COCCN1. The molecule has 3 nitrogen and oxygen atoms in total. The van der Waals surface area contributed by atoms with Gasteiger partial charge in [0.1, 0.15) is 0 Å². The highest BCUT2D eigenvalue weighted by Crippen LogP contribution is 2.00. The van der Waals surface area contributed by atoms with E-state index in [4.69, 9.17) is 4.74 Å². The topological polar surface area (TPSA) is 33.3 Å². The van der Waals surface area contributed by atoms with E-state index in [1.807, 2.05) is 0 Å². The number of rotatable bonds is 0. The van der Waals surface area contributed by atoms with Crippen molar-refractivity contribution in [2.24, 2.45) is 0 Å². The molecule has 0 bridgehead atoms. The Hall–Kier alpha value is -0.120. The summed E-state index contributed by atoms with van der Waals surface area (Å²) >= 11 is 0. The van der Waals surface area contributed by atoms with Crippen LogP contribution < -0.4 is 10.6 Å². The maximum absolute atomic E-state index is 5.01. The summed E-state index contributed by atoms with van der Waals surface area (Å²) < 4.78 is 5.01. The number of nitrogens with one attached hydrogen (secondary N) is 2. The largest absolute Gasteiger partial charge is 0.379 e. The predicted octanol–water partition coefficient (Wildman–Crippen LogP) is 0.756. The van der Waals surface area contributed by atoms with E-state index in [2.05, 4.69) is 10.6 Å². The monoisotopic (exact) mass is 186 g/mol. The minimum Gasteiger partial charge on any atom is -0.379 e. The number of hydrogen-bond acceptors (Lipinski definition) is 3. The van der Waals surface area contributed by atoms with Crippen LogP contribution in [0.1, 0.15) is 25.7 Å². The molecule has 0 aromatic rings. The molecule has 0 aromatic carbocycles. The standard InChI is InChI=1S/C6H13N.C4H9NO/c1-2-4-6-7-5-3-1;1-3-6-4-2-5-1/h7H,1-6H2;5H,1-4H2. The van der Waals surface area contributed by atoms with Crippen molar-refractivity contribution < 1.29 is 4.74 Å². The van der Waals surface area contributed by atoms with E-state index >= 15 is 0 Å². The molecule has 0 amide bonds. The molecule has 3 heteroatoms. The second-order valence-electron chi connectivity index (χ2n) is 3.53. The average molecular weight is 186 g/mol. The maximum atomic E-state index is 5.01. The molecule has 2 heterocycles. The first-order valence-corrected chi connectivity index (χ1v) is 5.49. The molecule has 2 N–H and O–H groups in total. The lowest BCUT2D eigenvalue weighted by Gasteiger charge is -2.10. The zero-order valence-corrected chi connectivity index (χ0v) is 8.48. The molecule has 0 aromatic heterocycles. The quantitative estimate of drug-likeness (QED) is 0.586. The van der Waals surface area contributed by atoms with Crippen LogP contribution >= 0.6 is 0 Å².